The summed E-state index contributed by atoms with van der Waals surface area (Å²) < 4.78 is 10.6. The number of unbranched alkanes of at least 4 members (excludes halogenated alkanes) is 1. The van der Waals surface area contributed by atoms with Crippen LogP contribution in [-0.4, -0.2) is 25.2 Å². The molecule has 154 valence electrons. The fourth-order valence-corrected chi connectivity index (χ4v) is 3.28. The average molecular weight is 371 g/mol. The second-order valence-corrected chi connectivity index (χ2v) is 7.35. The first kappa shape index (κ1) is 24.9. The minimum Gasteiger partial charge on any atom is -0.466 e. The lowest BCUT2D eigenvalue weighted by molar-refractivity contribution is -0.146. The number of carbonyl (C=O) groups is 2. The molecule has 0 aromatic carbocycles. The Balaban J connectivity index is 3.62. The molecule has 0 aliphatic carbocycles. The Morgan fingerprint density at radius 2 is 1.04 bits per heavy atom. The van der Waals surface area contributed by atoms with Gasteiger partial charge in [-0.15, -0.1) is 0 Å². The topological polar surface area (TPSA) is 52.6 Å². The van der Waals surface area contributed by atoms with Crippen molar-refractivity contribution >= 4 is 11.9 Å². The maximum absolute atomic E-state index is 11.7. The van der Waals surface area contributed by atoms with Crippen molar-refractivity contribution in [2.75, 3.05) is 13.2 Å². The van der Waals surface area contributed by atoms with Gasteiger partial charge in [-0.2, -0.15) is 0 Å². The summed E-state index contributed by atoms with van der Waals surface area (Å²) in [6.07, 6.45) is 11.1. The number of hydrogen-bond acceptors (Lipinski definition) is 4. The van der Waals surface area contributed by atoms with Gasteiger partial charge >= 0.3 is 11.9 Å². The summed E-state index contributed by atoms with van der Waals surface area (Å²) >= 11 is 0. The standard InChI is InChI=1S/C22H42O4/c1-5-11-19(7-3)15-17-25-21(23)13-9-10-14-22(24)26-18-16-20(8-4)12-6-2/h19-20H,5-18H2,1-4H3. The van der Waals surface area contributed by atoms with Gasteiger partial charge in [0, 0.05) is 12.8 Å². The molecule has 0 aromatic rings. The summed E-state index contributed by atoms with van der Waals surface area (Å²) in [5.41, 5.74) is 0. The second-order valence-electron chi connectivity index (χ2n) is 7.35. The summed E-state index contributed by atoms with van der Waals surface area (Å²) in [7, 11) is 0. The third kappa shape index (κ3) is 14.1. The molecule has 0 aliphatic heterocycles. The van der Waals surface area contributed by atoms with Crippen LogP contribution in [0.2, 0.25) is 0 Å². The largest absolute Gasteiger partial charge is 0.466 e. The molecular formula is C22H42O4. The molecule has 0 saturated heterocycles. The fourth-order valence-electron chi connectivity index (χ4n) is 3.28. The molecule has 0 aromatic heterocycles. The smallest absolute Gasteiger partial charge is 0.305 e. The minimum atomic E-state index is -0.143. The lowest BCUT2D eigenvalue weighted by Crippen LogP contribution is -2.11. The molecule has 2 unspecified atom stereocenters. The van der Waals surface area contributed by atoms with Crippen molar-refractivity contribution in [3.05, 3.63) is 0 Å². The Bertz CT molecular complexity index is 320. The van der Waals surface area contributed by atoms with Gasteiger partial charge in [0.05, 0.1) is 13.2 Å². The van der Waals surface area contributed by atoms with Crippen molar-refractivity contribution in [1.82, 2.24) is 0 Å². The van der Waals surface area contributed by atoms with E-state index >= 15 is 0 Å². The molecule has 0 heterocycles. The maximum atomic E-state index is 11.7. The van der Waals surface area contributed by atoms with Crippen LogP contribution in [0.25, 0.3) is 0 Å². The molecule has 0 aliphatic rings. The summed E-state index contributed by atoms with van der Waals surface area (Å²) in [4.78, 5) is 23.4. The predicted octanol–water partition coefficient (Wildman–Crippen LogP) is 6.07. The van der Waals surface area contributed by atoms with Crippen molar-refractivity contribution in [1.29, 1.82) is 0 Å². The van der Waals surface area contributed by atoms with E-state index in [1.165, 1.54) is 25.7 Å². The van der Waals surface area contributed by atoms with Crippen molar-refractivity contribution in [3.63, 3.8) is 0 Å². The highest BCUT2D eigenvalue weighted by atomic mass is 16.5. The van der Waals surface area contributed by atoms with E-state index in [4.69, 9.17) is 9.47 Å². The molecule has 0 spiro atoms. The van der Waals surface area contributed by atoms with Crippen LogP contribution < -0.4 is 0 Å². The summed E-state index contributed by atoms with van der Waals surface area (Å²) in [6, 6.07) is 0. The Morgan fingerprint density at radius 3 is 1.35 bits per heavy atom. The van der Waals surface area contributed by atoms with E-state index in [1.54, 1.807) is 0 Å². The van der Waals surface area contributed by atoms with Gasteiger partial charge in [-0.1, -0.05) is 66.2 Å². The van der Waals surface area contributed by atoms with Crippen LogP contribution in [0.4, 0.5) is 0 Å². The van der Waals surface area contributed by atoms with Gasteiger partial charge < -0.3 is 9.47 Å². The molecule has 26 heavy (non-hydrogen) atoms. The molecule has 0 amide bonds. The Hall–Kier alpha value is -1.06. The van der Waals surface area contributed by atoms with Crippen LogP contribution in [0.15, 0.2) is 0 Å². The van der Waals surface area contributed by atoms with Crippen LogP contribution in [-0.2, 0) is 19.1 Å². The van der Waals surface area contributed by atoms with Crippen LogP contribution >= 0.6 is 0 Å². The normalized spacial score (nSPS) is 13.2. The van der Waals surface area contributed by atoms with E-state index in [-0.39, 0.29) is 11.9 Å². The molecule has 0 N–H and O–H groups in total. The first-order valence-corrected chi connectivity index (χ1v) is 10.9. The molecule has 0 bridgehead atoms. The number of esters is 2. The summed E-state index contributed by atoms with van der Waals surface area (Å²) in [6.45, 7) is 9.80. The molecule has 0 radical (unpaired) electrons. The SMILES string of the molecule is CCCC(CC)CCOC(=O)CCCCC(=O)OCCC(CC)CCC. The van der Waals surface area contributed by atoms with Crippen molar-refractivity contribution in [2.45, 2.75) is 105 Å². The Kier molecular flexibility index (Phi) is 16.7. The van der Waals surface area contributed by atoms with E-state index in [0.29, 0.717) is 50.7 Å². The lowest BCUT2D eigenvalue weighted by atomic mass is 9.98. The highest BCUT2D eigenvalue weighted by Gasteiger charge is 2.10. The van der Waals surface area contributed by atoms with E-state index < -0.39 is 0 Å². The molecule has 0 fully saturated rings. The zero-order valence-electron chi connectivity index (χ0n) is 17.7. The van der Waals surface area contributed by atoms with Crippen LogP contribution in [0.1, 0.15) is 105 Å². The minimum absolute atomic E-state index is 0.143. The quantitative estimate of drug-likeness (QED) is 0.230. The maximum Gasteiger partial charge on any atom is 0.305 e. The Morgan fingerprint density at radius 1 is 0.654 bits per heavy atom. The molecule has 0 rings (SSSR count). The van der Waals surface area contributed by atoms with Gasteiger partial charge in [-0.3, -0.25) is 9.59 Å². The summed E-state index contributed by atoms with van der Waals surface area (Å²) in [5, 5.41) is 0. The highest BCUT2D eigenvalue weighted by molar-refractivity contribution is 5.70. The van der Waals surface area contributed by atoms with Crippen LogP contribution in [0, 0.1) is 11.8 Å². The Labute approximate surface area is 161 Å². The van der Waals surface area contributed by atoms with E-state index in [0.717, 1.165) is 25.7 Å². The van der Waals surface area contributed by atoms with E-state index in [2.05, 4.69) is 27.7 Å². The van der Waals surface area contributed by atoms with Gasteiger partial charge in [0.15, 0.2) is 0 Å². The third-order valence-electron chi connectivity index (χ3n) is 5.14. The zero-order chi connectivity index (χ0) is 19.6. The first-order valence-electron chi connectivity index (χ1n) is 10.9. The first-order chi connectivity index (χ1) is 12.6. The molecule has 4 heteroatoms. The number of rotatable bonds is 17. The second kappa shape index (κ2) is 17.4. The van der Waals surface area contributed by atoms with Crippen molar-refractivity contribution in [3.8, 4) is 0 Å². The molecular weight excluding hydrogens is 328 g/mol. The van der Waals surface area contributed by atoms with Gasteiger partial charge in [-0.25, -0.2) is 0 Å². The lowest BCUT2D eigenvalue weighted by Gasteiger charge is -2.14. The van der Waals surface area contributed by atoms with Crippen LogP contribution in [0.3, 0.4) is 0 Å². The number of hydrogen-bond donors (Lipinski definition) is 0. The molecule has 4 nitrogen and oxygen atoms in total. The molecule has 0 saturated carbocycles. The molecule has 2 atom stereocenters. The number of carbonyl (C=O) groups excluding carboxylic acids is 2. The van der Waals surface area contributed by atoms with Crippen molar-refractivity contribution < 1.29 is 19.1 Å². The highest BCUT2D eigenvalue weighted by Crippen LogP contribution is 2.16. The predicted molar refractivity (Wildman–Crippen MR) is 107 cm³/mol. The zero-order valence-corrected chi connectivity index (χ0v) is 17.7. The van der Waals surface area contributed by atoms with Gasteiger partial charge in [0.1, 0.15) is 0 Å². The average Bonchev–Trinajstić information content (AvgIpc) is 2.63. The van der Waals surface area contributed by atoms with E-state index in [1.807, 2.05) is 0 Å². The third-order valence-corrected chi connectivity index (χ3v) is 5.14. The van der Waals surface area contributed by atoms with Crippen LogP contribution in [0.5, 0.6) is 0 Å². The fraction of sp³-hybridized carbons (Fsp3) is 0.909. The monoisotopic (exact) mass is 370 g/mol. The van der Waals surface area contributed by atoms with E-state index in [9.17, 15) is 9.59 Å². The van der Waals surface area contributed by atoms with Gasteiger partial charge in [0.2, 0.25) is 0 Å². The number of ether oxygens (including phenoxy) is 2. The van der Waals surface area contributed by atoms with Gasteiger partial charge in [-0.05, 0) is 37.5 Å². The summed E-state index contributed by atoms with van der Waals surface area (Å²) in [5.74, 6) is 1.03. The van der Waals surface area contributed by atoms with Crippen molar-refractivity contribution in [2.24, 2.45) is 11.8 Å². The van der Waals surface area contributed by atoms with Gasteiger partial charge in [0.25, 0.3) is 0 Å².